The summed E-state index contributed by atoms with van der Waals surface area (Å²) in [4.78, 5) is 4.54. The minimum atomic E-state index is -1.23. The molecule has 18 rings (SSSR count). The van der Waals surface area contributed by atoms with Gasteiger partial charge in [0.15, 0.2) is 0 Å². The minimum Gasteiger partial charge on any atom is -0.310 e. The number of rotatable bonds is 9. The summed E-state index contributed by atoms with van der Waals surface area (Å²) in [6.07, 6.45) is 0. The summed E-state index contributed by atoms with van der Waals surface area (Å²) in [7, 11) is 0. The van der Waals surface area contributed by atoms with Gasteiger partial charge in [0.2, 0.25) is 0 Å². The lowest BCUT2D eigenvalue weighted by molar-refractivity contribution is 0.568. The fourth-order valence-corrected chi connectivity index (χ4v) is 20.3. The minimum absolute atomic E-state index is 0.0388. The Labute approximate surface area is 846 Å². The summed E-state index contributed by atoms with van der Waals surface area (Å²) >= 11 is 0. The Morgan fingerprint density at radius 3 is 1.05 bits per heavy atom. The summed E-state index contributed by atoms with van der Waals surface area (Å²) in [5.41, 5.74) is 13.5. The van der Waals surface area contributed by atoms with E-state index in [1.165, 1.54) is 15.7 Å². The zero-order valence-corrected chi connectivity index (χ0v) is 88.4. The van der Waals surface area contributed by atoms with Crippen LogP contribution in [-0.4, -0.2) is 15.8 Å². The number of hydrogen-bond acceptors (Lipinski definition) is 2. The van der Waals surface area contributed by atoms with Crippen LogP contribution in [0.25, 0.3) is 111 Å². The number of anilines is 6. The van der Waals surface area contributed by atoms with Gasteiger partial charge in [-0.15, -0.1) is 0 Å². The first-order chi connectivity index (χ1) is 70.6. The van der Waals surface area contributed by atoms with Crippen LogP contribution < -0.4 is 26.2 Å². The third kappa shape index (κ3) is 17.2. The van der Waals surface area contributed by atoms with Gasteiger partial charge in [-0.25, -0.2) is 0 Å². The molecule has 702 valence electrons. The molecular weight excluding hydrogens is 1650 g/mol. The van der Waals surface area contributed by atoms with Crippen molar-refractivity contribution < 1.29 is 23.3 Å². The van der Waals surface area contributed by atoms with Crippen molar-refractivity contribution in [2.24, 2.45) is 0 Å². The molecular formula is C132H151BN4. The van der Waals surface area contributed by atoms with E-state index in [2.05, 4.69) is 315 Å². The predicted molar refractivity (Wildman–Crippen MR) is 601 cm³/mol. The van der Waals surface area contributed by atoms with Crippen LogP contribution >= 0.6 is 0 Å². The predicted octanol–water partition coefficient (Wildman–Crippen LogP) is 35.9. The Kier molecular flexibility index (Phi) is 18.1. The highest BCUT2D eigenvalue weighted by Crippen LogP contribution is 2.59. The van der Waals surface area contributed by atoms with Crippen molar-refractivity contribution >= 4 is 101 Å². The molecule has 137 heavy (non-hydrogen) atoms. The third-order valence-corrected chi connectivity index (χ3v) is 28.4. The van der Waals surface area contributed by atoms with Gasteiger partial charge in [0.25, 0.3) is 6.71 Å². The van der Waals surface area contributed by atoms with E-state index < -0.39 is 116 Å². The molecule has 5 heteroatoms. The summed E-state index contributed by atoms with van der Waals surface area (Å²) in [6, 6.07) is 50.7. The second kappa shape index (κ2) is 32.5. The van der Waals surface area contributed by atoms with Gasteiger partial charge < -0.3 is 18.9 Å². The number of hydrogen-bond donors (Lipinski definition) is 0. The van der Waals surface area contributed by atoms with Crippen LogP contribution in [0.4, 0.5) is 34.1 Å². The van der Waals surface area contributed by atoms with Gasteiger partial charge in [0.1, 0.15) is 0 Å². The summed E-state index contributed by atoms with van der Waals surface area (Å²) < 4.78 is 184. The van der Waals surface area contributed by atoms with Gasteiger partial charge in [0.05, 0.1) is 56.7 Å². The Morgan fingerprint density at radius 1 is 0.219 bits per heavy atom. The largest absolute Gasteiger partial charge is 0.310 e. The van der Waals surface area contributed by atoms with E-state index in [0.717, 1.165) is 106 Å². The first kappa shape index (κ1) is 76.3. The van der Waals surface area contributed by atoms with E-state index in [0.29, 0.717) is 27.9 Å². The van der Waals surface area contributed by atoms with Crippen molar-refractivity contribution in [3.63, 3.8) is 0 Å². The van der Waals surface area contributed by atoms with Crippen LogP contribution in [0.1, 0.15) is 339 Å². The molecule has 0 N–H and O–H groups in total. The quantitative estimate of drug-likeness (QED) is 0.134. The van der Waals surface area contributed by atoms with Crippen LogP contribution in [0, 0.1) is 0 Å². The third-order valence-electron chi connectivity index (χ3n) is 28.4. The lowest BCUT2D eigenvalue weighted by atomic mass is 9.33. The highest BCUT2D eigenvalue weighted by atomic mass is 15.2. The van der Waals surface area contributed by atoms with Crippen molar-refractivity contribution in [2.75, 3.05) is 9.80 Å². The second-order valence-electron chi connectivity index (χ2n) is 51.6. The normalized spacial score (nSPS) is 15.7. The fraction of sp³-hybridized carbons (Fsp3) is 0.364. The van der Waals surface area contributed by atoms with Gasteiger partial charge in [-0.3, -0.25) is 0 Å². The molecule has 0 amide bonds. The van der Waals surface area contributed by atoms with E-state index >= 15 is 0 Å². The lowest BCUT2D eigenvalue weighted by Crippen LogP contribution is -2.61. The van der Waals surface area contributed by atoms with Gasteiger partial charge in [-0.05, 0) is 278 Å². The smallest absolute Gasteiger partial charge is 0.252 e. The van der Waals surface area contributed by atoms with Crippen molar-refractivity contribution in [3.8, 4) is 67.0 Å². The maximum absolute atomic E-state index is 12.1. The molecule has 0 fully saturated rings. The summed E-state index contributed by atoms with van der Waals surface area (Å²) in [5, 5.41) is 1.81. The highest BCUT2D eigenvalue weighted by Gasteiger charge is 2.48. The first-order valence-corrected chi connectivity index (χ1v) is 49.4. The molecule has 4 heterocycles. The molecule has 2 aromatic heterocycles. The number of nitrogens with zero attached hydrogens (tertiary/aromatic N) is 4. The Bertz CT molecular complexity index is 8450. The maximum Gasteiger partial charge on any atom is 0.252 e. The number of para-hydroxylation sites is 2. The molecule has 16 aromatic rings. The van der Waals surface area contributed by atoms with Crippen molar-refractivity contribution in [3.05, 3.63) is 327 Å². The van der Waals surface area contributed by atoms with E-state index in [-0.39, 0.29) is 142 Å². The van der Waals surface area contributed by atoms with Crippen molar-refractivity contribution in [1.82, 2.24) is 9.13 Å². The zero-order valence-electron chi connectivity index (χ0n) is 105. The molecule has 2 aliphatic heterocycles. The molecule has 0 radical (unpaired) electrons. The van der Waals surface area contributed by atoms with Crippen molar-refractivity contribution in [2.45, 2.75) is 314 Å². The van der Waals surface area contributed by atoms with E-state index in [4.69, 9.17) is 0 Å². The molecule has 4 nitrogen and oxygen atoms in total. The van der Waals surface area contributed by atoms with Crippen LogP contribution in [0.15, 0.2) is 260 Å². The van der Waals surface area contributed by atoms with Gasteiger partial charge >= 0.3 is 0 Å². The average Bonchev–Trinajstić information content (AvgIpc) is 0.859. The number of fused-ring (bicyclic) bond motifs is 10. The van der Waals surface area contributed by atoms with E-state index in [9.17, 15) is 23.3 Å². The summed E-state index contributed by atoms with van der Waals surface area (Å²) in [5.74, 6) is 0. The van der Waals surface area contributed by atoms with E-state index in [1.807, 2.05) is 106 Å². The molecule has 0 atom stereocenters. The number of aromatic nitrogens is 2. The van der Waals surface area contributed by atoms with Crippen LogP contribution in [-0.2, 0) is 65.0 Å². The average molecular weight is 1820 g/mol. The Hall–Kier alpha value is -11.7. The second-order valence-corrected chi connectivity index (χ2v) is 51.6. The van der Waals surface area contributed by atoms with Gasteiger partial charge in [0, 0.05) is 77.9 Å². The zero-order chi connectivity index (χ0) is 114. The Morgan fingerprint density at radius 2 is 0.599 bits per heavy atom. The molecule has 0 spiro atoms. The lowest BCUT2D eigenvalue weighted by Gasteiger charge is -2.46. The molecule has 0 bridgehead atoms. The van der Waals surface area contributed by atoms with Gasteiger partial charge in [-0.1, -0.05) is 413 Å². The standard InChI is InChI=1S/C132H151BN4/c1-121(2,3)83-51-49-80(50-52-83)98-73-90(128(22,23)24)76-104(99-70-84(122(4,5)6)54-60-106(99)131(31,32)33)119(98)136-114-78-92(134-110-47-41-38-44-96(110)97-45-39-42-48-111(97)134)57-61-108(114)133-109-62-58-93(135-112-63-55-85(123(7,8)9)71-100(112)101-72-86(124(10,11)12)56-64-113(101)135)79-115(109)137(117-68-82(67-116(136)118(117)133)81-65-88(126(16,17)18)69-89(66-81)127(19,20)21)120-102(94-43-37-40-46-105(94)130(28,29)30)74-91(129(25,26)27)75-103(120)95-59-53-87(125(13,14)15)77-107(95)132(34,35)36/h37-79H,1-36H3/i38D,39D,41D,42D,44D,45D,47D,48D,49D,50D,51D,52D,54D,60D,70D,73D,76D. The van der Waals surface area contributed by atoms with Gasteiger partial charge in [-0.2, -0.15) is 0 Å². The molecule has 2 aliphatic rings. The summed E-state index contributed by atoms with van der Waals surface area (Å²) in [6.45, 7) is 75.9. The topological polar surface area (TPSA) is 16.3 Å². The molecule has 0 saturated heterocycles. The fourth-order valence-electron chi connectivity index (χ4n) is 20.3. The molecule has 0 aliphatic carbocycles. The SMILES string of the molecule is [2H]c1c([2H])c(C(C)(C)C)c([2H])c([2H])c1-c1c([2H])c(C(C)(C)C)c([2H])c(-c2c([2H])c(C(C)(C)C)c([2H])c([2H])c2C(C)(C)C)c1N1c2cc(-n3c4c([2H])c([2H])c([2H])c([2H])c4c4c([2H])c([2H])c([2H])c([2H])c43)ccc2B2c3ccc(-n4c5ccc(C(C)(C)C)cc5c5cc(C(C)(C)C)ccc54)cc3N(c3c(-c4ccccc4C(C)(C)C)cc(C(C)(C)C)cc3-c3ccc(C(C)(C)C)cc3C(C)(C)C)c3cc(-c4cc(C(C)(C)C)cc(C(C)(C)C)c4)cc1c32. The maximum atomic E-state index is 12.1. The number of benzene rings is 14. The highest BCUT2D eigenvalue weighted by molar-refractivity contribution is 7.00. The van der Waals surface area contributed by atoms with E-state index in [1.54, 1.807) is 0 Å². The first-order valence-electron chi connectivity index (χ1n) is 57.9. The molecule has 0 unspecified atom stereocenters. The van der Waals surface area contributed by atoms with Crippen LogP contribution in [0.2, 0.25) is 0 Å². The monoisotopic (exact) mass is 1820 g/mol. The van der Waals surface area contributed by atoms with Crippen LogP contribution in [0.5, 0.6) is 0 Å². The Balaban J connectivity index is 1.21. The van der Waals surface area contributed by atoms with Crippen molar-refractivity contribution in [1.29, 1.82) is 0 Å². The van der Waals surface area contributed by atoms with Crippen LogP contribution in [0.3, 0.4) is 0 Å². The molecule has 14 aromatic carbocycles. The molecule has 0 saturated carbocycles.